The molecule has 0 radical (unpaired) electrons. The number of rotatable bonds is 6. The first-order valence-electron chi connectivity index (χ1n) is 10.2. The summed E-state index contributed by atoms with van der Waals surface area (Å²) in [5, 5.41) is 0. The van der Waals surface area contributed by atoms with Crippen LogP contribution < -0.4 is 9.64 Å². The van der Waals surface area contributed by atoms with Crippen LogP contribution in [0.15, 0.2) is 97.3 Å². The van der Waals surface area contributed by atoms with E-state index in [-0.39, 0.29) is 0 Å². The number of carbonyl (C=O) groups excluding carboxylic acids is 1. The number of aromatic nitrogens is 1. The molecule has 0 fully saturated rings. The fourth-order valence-electron chi connectivity index (χ4n) is 3.43. The molecule has 4 heteroatoms. The second-order valence-electron chi connectivity index (χ2n) is 7.14. The molecule has 0 aliphatic carbocycles. The SMILES string of the molecule is COc1ccncc1C#Cc1ccccc1N(C=O)Cc1ccc(-c2ccccc2)cc1. The maximum Gasteiger partial charge on any atom is 0.214 e. The molecule has 3 aromatic carbocycles. The Labute approximate surface area is 188 Å². The molecule has 0 N–H and O–H groups in total. The highest BCUT2D eigenvalue weighted by Crippen LogP contribution is 2.23. The number of para-hydroxylation sites is 1. The maximum atomic E-state index is 12.0. The molecule has 0 aliphatic heterocycles. The van der Waals surface area contributed by atoms with Gasteiger partial charge < -0.3 is 9.64 Å². The Morgan fingerprint density at radius 3 is 2.28 bits per heavy atom. The smallest absolute Gasteiger partial charge is 0.214 e. The van der Waals surface area contributed by atoms with E-state index in [1.807, 2.05) is 54.6 Å². The number of hydrogen-bond acceptors (Lipinski definition) is 3. The van der Waals surface area contributed by atoms with Crippen molar-refractivity contribution in [1.29, 1.82) is 0 Å². The van der Waals surface area contributed by atoms with Crippen molar-refractivity contribution in [3.05, 3.63) is 114 Å². The molecule has 156 valence electrons. The highest BCUT2D eigenvalue weighted by Gasteiger charge is 2.10. The van der Waals surface area contributed by atoms with Gasteiger partial charge in [0.15, 0.2) is 0 Å². The molecule has 32 heavy (non-hydrogen) atoms. The summed E-state index contributed by atoms with van der Waals surface area (Å²) in [4.78, 5) is 17.8. The van der Waals surface area contributed by atoms with Crippen LogP contribution in [-0.4, -0.2) is 18.5 Å². The van der Waals surface area contributed by atoms with Crippen molar-refractivity contribution in [2.24, 2.45) is 0 Å². The fraction of sp³-hybridized carbons (Fsp3) is 0.0714. The number of carbonyl (C=O) groups is 1. The van der Waals surface area contributed by atoms with E-state index < -0.39 is 0 Å². The lowest BCUT2D eigenvalue weighted by molar-refractivity contribution is -0.107. The van der Waals surface area contributed by atoms with Gasteiger partial charge in [-0.3, -0.25) is 9.78 Å². The molecule has 0 saturated heterocycles. The average Bonchev–Trinajstić information content (AvgIpc) is 2.87. The Balaban J connectivity index is 1.58. The molecule has 1 amide bonds. The second-order valence-corrected chi connectivity index (χ2v) is 7.14. The number of amides is 1. The van der Waals surface area contributed by atoms with E-state index in [1.54, 1.807) is 30.5 Å². The Kier molecular flexibility index (Phi) is 6.60. The number of pyridine rings is 1. The van der Waals surface area contributed by atoms with Gasteiger partial charge in [-0.2, -0.15) is 0 Å². The molecule has 0 unspecified atom stereocenters. The van der Waals surface area contributed by atoms with Crippen molar-refractivity contribution in [2.45, 2.75) is 6.54 Å². The predicted molar refractivity (Wildman–Crippen MR) is 127 cm³/mol. The van der Waals surface area contributed by atoms with Crippen LogP contribution in [0.3, 0.4) is 0 Å². The van der Waals surface area contributed by atoms with E-state index in [9.17, 15) is 4.79 Å². The zero-order chi connectivity index (χ0) is 22.2. The fourth-order valence-corrected chi connectivity index (χ4v) is 3.43. The summed E-state index contributed by atoms with van der Waals surface area (Å²) in [6, 6.07) is 27.9. The first kappa shape index (κ1) is 20.9. The highest BCUT2D eigenvalue weighted by atomic mass is 16.5. The minimum absolute atomic E-state index is 0.452. The van der Waals surface area contributed by atoms with E-state index in [0.717, 1.165) is 34.4 Å². The monoisotopic (exact) mass is 418 g/mol. The van der Waals surface area contributed by atoms with Crippen molar-refractivity contribution < 1.29 is 9.53 Å². The standard InChI is InChI=1S/C28H22N2O2/c1-32-28-17-18-29-19-26(28)16-15-25-9-5-6-10-27(25)30(21-31)20-22-11-13-24(14-12-22)23-7-3-2-4-8-23/h2-14,17-19,21H,20H2,1H3. The summed E-state index contributed by atoms with van der Waals surface area (Å²) in [5.41, 5.74) is 5.55. The minimum Gasteiger partial charge on any atom is -0.495 e. The Bertz CT molecular complexity index is 1260. The number of nitrogens with zero attached hydrogens (tertiary/aromatic N) is 2. The molecule has 1 aromatic heterocycles. The largest absolute Gasteiger partial charge is 0.495 e. The van der Waals surface area contributed by atoms with Crippen molar-refractivity contribution in [2.75, 3.05) is 12.0 Å². The number of anilines is 1. The van der Waals surface area contributed by atoms with Crippen LogP contribution in [0, 0.1) is 11.8 Å². The maximum absolute atomic E-state index is 12.0. The van der Waals surface area contributed by atoms with Crippen LogP contribution in [0.4, 0.5) is 5.69 Å². The molecule has 0 aliphatic rings. The first-order valence-corrected chi connectivity index (χ1v) is 10.2. The number of methoxy groups -OCH3 is 1. The molecule has 0 bridgehead atoms. The summed E-state index contributed by atoms with van der Waals surface area (Å²) in [6.07, 6.45) is 4.17. The number of benzene rings is 3. The number of ether oxygens (including phenoxy) is 1. The normalized spacial score (nSPS) is 10.0. The Morgan fingerprint density at radius 1 is 0.844 bits per heavy atom. The molecule has 4 rings (SSSR count). The summed E-state index contributed by atoms with van der Waals surface area (Å²) in [6.45, 7) is 0.452. The van der Waals surface area contributed by atoms with Crippen LogP contribution in [-0.2, 0) is 11.3 Å². The van der Waals surface area contributed by atoms with Crippen LogP contribution in [0.5, 0.6) is 5.75 Å². The number of hydrogen-bond donors (Lipinski definition) is 0. The molecule has 0 saturated carbocycles. The van der Waals surface area contributed by atoms with Gasteiger partial charge in [-0.25, -0.2) is 0 Å². The predicted octanol–water partition coefficient (Wildman–Crippen LogP) is 5.32. The second kappa shape index (κ2) is 10.1. The lowest BCUT2D eigenvalue weighted by Crippen LogP contribution is -2.21. The van der Waals surface area contributed by atoms with Crippen LogP contribution in [0.2, 0.25) is 0 Å². The van der Waals surface area contributed by atoms with Gasteiger partial charge in [0, 0.05) is 18.0 Å². The van der Waals surface area contributed by atoms with Gasteiger partial charge in [-0.1, -0.05) is 78.6 Å². The third kappa shape index (κ3) is 4.85. The molecule has 4 nitrogen and oxygen atoms in total. The van der Waals surface area contributed by atoms with E-state index in [1.165, 1.54) is 0 Å². The zero-order valence-electron chi connectivity index (χ0n) is 17.7. The van der Waals surface area contributed by atoms with Gasteiger partial charge >= 0.3 is 0 Å². The van der Waals surface area contributed by atoms with Crippen LogP contribution >= 0.6 is 0 Å². The molecular weight excluding hydrogens is 396 g/mol. The third-order valence-electron chi connectivity index (χ3n) is 5.09. The van der Waals surface area contributed by atoms with Gasteiger partial charge in [0.25, 0.3) is 0 Å². The van der Waals surface area contributed by atoms with Gasteiger partial charge in [0.2, 0.25) is 6.41 Å². The van der Waals surface area contributed by atoms with E-state index in [0.29, 0.717) is 17.9 Å². The summed E-state index contributed by atoms with van der Waals surface area (Å²) in [7, 11) is 1.60. The van der Waals surface area contributed by atoms with Crippen molar-refractivity contribution in [1.82, 2.24) is 4.98 Å². The van der Waals surface area contributed by atoms with E-state index >= 15 is 0 Å². The van der Waals surface area contributed by atoms with Gasteiger partial charge in [0.05, 0.1) is 24.9 Å². The topological polar surface area (TPSA) is 42.4 Å². The van der Waals surface area contributed by atoms with E-state index in [4.69, 9.17) is 4.74 Å². The lowest BCUT2D eigenvalue weighted by atomic mass is 10.0. The Hall–Kier alpha value is -4.36. The minimum atomic E-state index is 0.452. The zero-order valence-corrected chi connectivity index (χ0v) is 17.7. The summed E-state index contributed by atoms with van der Waals surface area (Å²) < 4.78 is 5.34. The summed E-state index contributed by atoms with van der Waals surface area (Å²) in [5.74, 6) is 6.94. The molecule has 4 aromatic rings. The lowest BCUT2D eigenvalue weighted by Gasteiger charge is -2.19. The first-order chi connectivity index (χ1) is 15.8. The van der Waals surface area contributed by atoms with Gasteiger partial charge in [-0.05, 0) is 34.9 Å². The van der Waals surface area contributed by atoms with Crippen LogP contribution in [0.25, 0.3) is 11.1 Å². The summed E-state index contributed by atoms with van der Waals surface area (Å²) >= 11 is 0. The molecule has 1 heterocycles. The van der Waals surface area contributed by atoms with Gasteiger partial charge in [0.1, 0.15) is 5.75 Å². The van der Waals surface area contributed by atoms with E-state index in [2.05, 4.69) is 41.1 Å². The van der Waals surface area contributed by atoms with Crippen molar-refractivity contribution >= 4 is 12.1 Å². The quantitative estimate of drug-likeness (QED) is 0.314. The van der Waals surface area contributed by atoms with Crippen molar-refractivity contribution in [3.8, 4) is 28.7 Å². The molecule has 0 spiro atoms. The van der Waals surface area contributed by atoms with Crippen molar-refractivity contribution in [3.63, 3.8) is 0 Å². The van der Waals surface area contributed by atoms with Gasteiger partial charge in [-0.15, -0.1) is 0 Å². The highest BCUT2D eigenvalue weighted by molar-refractivity contribution is 5.79. The van der Waals surface area contributed by atoms with Crippen LogP contribution in [0.1, 0.15) is 16.7 Å². The molecular formula is C28H22N2O2. The third-order valence-corrected chi connectivity index (χ3v) is 5.09. The molecule has 0 atom stereocenters. The Morgan fingerprint density at radius 2 is 1.53 bits per heavy atom. The average molecular weight is 418 g/mol.